The zero-order valence-electron chi connectivity index (χ0n) is 11.6. The van der Waals surface area contributed by atoms with Crippen molar-refractivity contribution in [3.63, 3.8) is 0 Å². The van der Waals surface area contributed by atoms with Crippen LogP contribution in [0.2, 0.25) is 0 Å². The van der Waals surface area contributed by atoms with E-state index in [0.717, 1.165) is 17.7 Å². The van der Waals surface area contributed by atoms with Gasteiger partial charge in [-0.2, -0.15) is 0 Å². The molecule has 0 aliphatic heterocycles. The van der Waals surface area contributed by atoms with Crippen LogP contribution in [0.15, 0.2) is 48.7 Å². The average molecular weight is 345 g/mol. The zero-order valence-corrected chi connectivity index (χ0v) is 13.3. The van der Waals surface area contributed by atoms with E-state index < -0.39 is 0 Å². The van der Waals surface area contributed by atoms with E-state index in [-0.39, 0.29) is 20.3 Å². The Hall–Kier alpha value is -1.90. The van der Waals surface area contributed by atoms with Crippen molar-refractivity contribution in [3.05, 3.63) is 70.2 Å². The van der Waals surface area contributed by atoms with Gasteiger partial charge in [-0.15, -0.1) is 0 Å². The van der Waals surface area contributed by atoms with Gasteiger partial charge in [0.1, 0.15) is 0 Å². The van der Waals surface area contributed by atoms with E-state index in [2.05, 4.69) is 11.9 Å². The molecule has 1 aromatic heterocycles. The van der Waals surface area contributed by atoms with Crippen LogP contribution in [0, 0.1) is 12.7 Å². The number of hydrogen-bond acceptors (Lipinski definition) is 2. The first-order valence-electron chi connectivity index (χ1n) is 6.67. The Morgan fingerprint density at radius 1 is 1.14 bits per heavy atom. The number of aromatic nitrogens is 1. The van der Waals surface area contributed by atoms with E-state index in [4.69, 9.17) is 5.73 Å². The SMILES string of the molecule is Cc1ccc(N)cc1Cc1ncc(-c2ccc(F)cc2)[se]1. The molecule has 0 aliphatic carbocycles. The molecule has 106 valence electrons. The van der Waals surface area contributed by atoms with Crippen LogP contribution in [0.5, 0.6) is 0 Å². The van der Waals surface area contributed by atoms with Gasteiger partial charge in [0.15, 0.2) is 0 Å². The summed E-state index contributed by atoms with van der Waals surface area (Å²) in [6.07, 6.45) is 2.74. The van der Waals surface area contributed by atoms with Crippen LogP contribution in [-0.4, -0.2) is 19.5 Å². The fraction of sp³-hybridized carbons (Fsp3) is 0.118. The summed E-state index contributed by atoms with van der Waals surface area (Å²) in [6.45, 7) is 2.09. The molecule has 4 heteroatoms. The van der Waals surface area contributed by atoms with Crippen molar-refractivity contribution in [3.8, 4) is 10.0 Å². The predicted molar refractivity (Wildman–Crippen MR) is 85.0 cm³/mol. The summed E-state index contributed by atoms with van der Waals surface area (Å²) in [7, 11) is 0. The third-order valence-electron chi connectivity index (χ3n) is 3.40. The second kappa shape index (κ2) is 5.84. The number of hydrogen-bond donors (Lipinski definition) is 1. The molecule has 2 aromatic carbocycles. The molecule has 1 heterocycles. The third kappa shape index (κ3) is 3.23. The predicted octanol–water partition coefficient (Wildman–Crippen LogP) is 3.43. The van der Waals surface area contributed by atoms with E-state index >= 15 is 0 Å². The maximum atomic E-state index is 13.0. The van der Waals surface area contributed by atoms with Gasteiger partial charge in [-0.3, -0.25) is 0 Å². The first kappa shape index (κ1) is 14.1. The van der Waals surface area contributed by atoms with E-state index in [9.17, 15) is 4.39 Å². The van der Waals surface area contributed by atoms with Crippen molar-refractivity contribution in [2.24, 2.45) is 0 Å². The van der Waals surface area contributed by atoms with Gasteiger partial charge in [-0.1, -0.05) is 0 Å². The topological polar surface area (TPSA) is 38.9 Å². The minimum absolute atomic E-state index is 0.189. The molecule has 0 unspecified atom stereocenters. The molecule has 3 aromatic rings. The number of nitrogens with two attached hydrogens (primary N) is 1. The zero-order chi connectivity index (χ0) is 14.8. The normalized spacial score (nSPS) is 10.8. The van der Waals surface area contributed by atoms with Gasteiger partial charge in [-0.05, 0) is 0 Å². The van der Waals surface area contributed by atoms with Crippen molar-refractivity contribution in [2.45, 2.75) is 13.3 Å². The summed E-state index contributed by atoms with van der Waals surface area (Å²) in [6, 6.07) is 12.6. The van der Waals surface area contributed by atoms with Crippen molar-refractivity contribution in [2.75, 3.05) is 5.73 Å². The Morgan fingerprint density at radius 2 is 1.90 bits per heavy atom. The molecule has 0 atom stereocenters. The Kier molecular flexibility index (Phi) is 3.91. The number of benzene rings is 2. The second-order valence-electron chi connectivity index (χ2n) is 4.99. The Bertz CT molecular complexity index is 763. The number of nitrogen functional groups attached to an aromatic ring is 1. The summed E-state index contributed by atoms with van der Waals surface area (Å²) in [5.74, 6) is -0.207. The van der Waals surface area contributed by atoms with Crippen LogP contribution in [0.1, 0.15) is 15.7 Å². The quantitative estimate of drug-likeness (QED) is 0.584. The molecule has 0 bridgehead atoms. The number of rotatable bonds is 3. The standard InChI is InChI=1S/C17H15FN2Se/c1-11-2-7-15(19)8-13(11)9-17-20-10-16(21-17)12-3-5-14(18)6-4-12/h2-8,10H,9,19H2,1H3. The van der Waals surface area contributed by atoms with Gasteiger partial charge in [0, 0.05) is 0 Å². The first-order chi connectivity index (χ1) is 10.1. The van der Waals surface area contributed by atoms with Crippen LogP contribution in [0.25, 0.3) is 10.0 Å². The Morgan fingerprint density at radius 3 is 2.67 bits per heavy atom. The number of aryl methyl sites for hydroxylation is 1. The van der Waals surface area contributed by atoms with Gasteiger partial charge in [-0.25, -0.2) is 0 Å². The van der Waals surface area contributed by atoms with Gasteiger partial charge < -0.3 is 0 Å². The number of nitrogens with zero attached hydrogens (tertiary/aromatic N) is 1. The molecular weight excluding hydrogens is 330 g/mol. The van der Waals surface area contributed by atoms with E-state index in [1.54, 1.807) is 0 Å². The van der Waals surface area contributed by atoms with Crippen molar-refractivity contribution in [1.82, 2.24) is 4.98 Å². The van der Waals surface area contributed by atoms with Crippen LogP contribution < -0.4 is 5.73 Å². The maximum absolute atomic E-state index is 13.0. The summed E-state index contributed by atoms with van der Waals surface area (Å²) < 4.78 is 15.3. The monoisotopic (exact) mass is 346 g/mol. The van der Waals surface area contributed by atoms with Crippen molar-refractivity contribution in [1.29, 1.82) is 0 Å². The first-order valence-corrected chi connectivity index (χ1v) is 8.39. The summed E-state index contributed by atoms with van der Waals surface area (Å²) in [5.41, 5.74) is 10.2. The van der Waals surface area contributed by atoms with Crippen molar-refractivity contribution >= 4 is 20.2 Å². The molecule has 0 saturated carbocycles. The van der Waals surface area contributed by atoms with Gasteiger partial charge in [0.2, 0.25) is 0 Å². The summed E-state index contributed by atoms with van der Waals surface area (Å²) in [5, 5.41) is 0. The average Bonchev–Trinajstić information content (AvgIpc) is 2.92. The molecule has 21 heavy (non-hydrogen) atoms. The molecule has 0 radical (unpaired) electrons. The molecule has 0 amide bonds. The van der Waals surface area contributed by atoms with Crippen LogP contribution in [0.3, 0.4) is 0 Å². The molecule has 2 N–H and O–H groups in total. The second-order valence-corrected chi connectivity index (χ2v) is 7.33. The third-order valence-corrected chi connectivity index (χ3v) is 5.59. The van der Waals surface area contributed by atoms with Crippen LogP contribution >= 0.6 is 0 Å². The van der Waals surface area contributed by atoms with Gasteiger partial charge in [0.25, 0.3) is 0 Å². The van der Waals surface area contributed by atoms with Crippen LogP contribution in [0.4, 0.5) is 10.1 Å². The van der Waals surface area contributed by atoms with E-state index in [1.807, 2.05) is 36.5 Å². The Balaban J connectivity index is 1.85. The summed E-state index contributed by atoms with van der Waals surface area (Å²) in [4.78, 5) is 4.53. The van der Waals surface area contributed by atoms with Crippen molar-refractivity contribution < 1.29 is 4.39 Å². The molecule has 0 saturated heterocycles. The molecule has 0 aliphatic rings. The molecule has 0 spiro atoms. The summed E-state index contributed by atoms with van der Waals surface area (Å²) >= 11 is 0.189. The fourth-order valence-electron chi connectivity index (χ4n) is 2.18. The van der Waals surface area contributed by atoms with E-state index in [0.29, 0.717) is 0 Å². The molecule has 0 fully saturated rings. The molecular formula is C17H15FN2Se. The molecule has 3 rings (SSSR count). The Labute approximate surface area is 129 Å². The number of anilines is 1. The molecule has 2 nitrogen and oxygen atoms in total. The van der Waals surface area contributed by atoms with Gasteiger partial charge in [0.05, 0.1) is 0 Å². The van der Waals surface area contributed by atoms with E-state index in [1.165, 1.54) is 32.3 Å². The number of halogens is 1. The van der Waals surface area contributed by atoms with Crippen LogP contribution in [-0.2, 0) is 6.42 Å². The fourth-order valence-corrected chi connectivity index (χ4v) is 4.17. The van der Waals surface area contributed by atoms with Gasteiger partial charge >= 0.3 is 129 Å². The minimum atomic E-state index is -0.207.